The highest BCUT2D eigenvalue weighted by Gasteiger charge is 2.27. The number of pyridine rings is 1. The number of aliphatic imine (C=N–C) groups is 1. The van der Waals surface area contributed by atoms with Crippen LogP contribution in [-0.2, 0) is 4.74 Å². The molecule has 0 amide bonds. The Morgan fingerprint density at radius 3 is 2.67 bits per heavy atom. The molecule has 2 rings (SSSR count). The summed E-state index contributed by atoms with van der Waals surface area (Å²) in [5.74, 6) is 1.84. The summed E-state index contributed by atoms with van der Waals surface area (Å²) in [5.41, 5.74) is 0.0404. The van der Waals surface area contributed by atoms with Crippen molar-refractivity contribution in [1.82, 2.24) is 20.5 Å². The van der Waals surface area contributed by atoms with Gasteiger partial charge in [-0.1, -0.05) is 6.07 Å². The summed E-state index contributed by atoms with van der Waals surface area (Å²) in [6.45, 7) is 13.7. The molecular weight excluding hydrogens is 340 g/mol. The first-order valence-corrected chi connectivity index (χ1v) is 10.1. The molecule has 2 heterocycles. The summed E-state index contributed by atoms with van der Waals surface area (Å²) in [5, 5.41) is 10.1. The van der Waals surface area contributed by atoms with Crippen molar-refractivity contribution in [3.8, 4) is 0 Å². The zero-order valence-electron chi connectivity index (χ0n) is 17.1. The molecule has 1 aliphatic rings. The number of aromatic nitrogens is 1. The molecule has 0 saturated carbocycles. The molecule has 152 valence electrons. The number of hydrogen-bond acceptors (Lipinski definition) is 5. The molecule has 1 aromatic heterocycles. The molecule has 0 aromatic carbocycles. The van der Waals surface area contributed by atoms with Gasteiger partial charge in [0.15, 0.2) is 5.96 Å². The van der Waals surface area contributed by atoms with E-state index in [1.54, 1.807) is 6.20 Å². The fraction of sp³-hybridized carbons (Fsp3) is 0.700. The van der Waals surface area contributed by atoms with Crippen LogP contribution in [0.1, 0.15) is 33.6 Å². The van der Waals surface area contributed by atoms with E-state index >= 15 is 0 Å². The molecule has 1 aliphatic heterocycles. The van der Waals surface area contributed by atoms with E-state index < -0.39 is 0 Å². The molecule has 1 fully saturated rings. The van der Waals surface area contributed by atoms with Crippen LogP contribution in [0.25, 0.3) is 0 Å². The highest BCUT2D eigenvalue weighted by molar-refractivity contribution is 5.79. The third-order valence-electron chi connectivity index (χ3n) is 4.70. The van der Waals surface area contributed by atoms with Gasteiger partial charge in [-0.25, -0.2) is 4.98 Å². The van der Waals surface area contributed by atoms with Crippen LogP contribution in [0.4, 0.5) is 5.82 Å². The van der Waals surface area contributed by atoms with Gasteiger partial charge in [0, 0.05) is 44.5 Å². The summed E-state index contributed by atoms with van der Waals surface area (Å²) in [4.78, 5) is 11.5. The topological polar surface area (TPSA) is 73.8 Å². The maximum Gasteiger partial charge on any atom is 0.191 e. The van der Waals surface area contributed by atoms with Gasteiger partial charge >= 0.3 is 0 Å². The molecule has 0 radical (unpaired) electrons. The lowest BCUT2D eigenvalue weighted by molar-refractivity contribution is -0.00683. The zero-order chi connectivity index (χ0) is 19.4. The van der Waals surface area contributed by atoms with E-state index in [1.807, 2.05) is 18.2 Å². The van der Waals surface area contributed by atoms with Crippen LogP contribution in [0.15, 0.2) is 29.4 Å². The third kappa shape index (κ3) is 8.13. The average molecular weight is 377 g/mol. The van der Waals surface area contributed by atoms with E-state index in [-0.39, 0.29) is 5.54 Å². The maximum absolute atomic E-state index is 5.46. The fourth-order valence-electron chi connectivity index (χ4n) is 3.02. The van der Waals surface area contributed by atoms with Crippen molar-refractivity contribution < 1.29 is 4.74 Å². The molecule has 0 atom stereocenters. The van der Waals surface area contributed by atoms with Gasteiger partial charge in [-0.15, -0.1) is 0 Å². The molecule has 0 spiro atoms. The molecule has 0 aliphatic carbocycles. The molecule has 7 nitrogen and oxygen atoms in total. The largest absolute Gasteiger partial charge is 0.379 e. The van der Waals surface area contributed by atoms with Gasteiger partial charge in [0.25, 0.3) is 0 Å². The molecular formula is C20H36N6O. The number of guanidine groups is 1. The number of nitrogens with one attached hydrogen (secondary N) is 3. The van der Waals surface area contributed by atoms with E-state index in [0.29, 0.717) is 0 Å². The normalized spacial score (nSPS) is 16.2. The van der Waals surface area contributed by atoms with Crippen molar-refractivity contribution in [2.24, 2.45) is 4.99 Å². The minimum absolute atomic E-state index is 0.0404. The molecule has 3 N–H and O–H groups in total. The maximum atomic E-state index is 5.46. The summed E-state index contributed by atoms with van der Waals surface area (Å²) < 4.78 is 5.46. The lowest BCUT2D eigenvalue weighted by atomic mass is 10.0. The van der Waals surface area contributed by atoms with Crippen molar-refractivity contribution in [2.45, 2.75) is 39.2 Å². The summed E-state index contributed by atoms with van der Waals surface area (Å²) >= 11 is 0. The van der Waals surface area contributed by atoms with Crippen molar-refractivity contribution in [3.05, 3.63) is 24.4 Å². The standard InChI is InChI=1S/C20H36N6O/c1-4-21-19(25-17-20(2,3)26-13-15-27-16-14-26)24-12-8-7-11-23-18-9-5-6-10-22-18/h5-6,9-10H,4,7-8,11-17H2,1-3H3,(H,22,23)(H2,21,24,25). The molecule has 27 heavy (non-hydrogen) atoms. The number of ether oxygens (including phenoxy) is 1. The number of morpholine rings is 1. The second-order valence-corrected chi connectivity index (χ2v) is 7.38. The smallest absolute Gasteiger partial charge is 0.191 e. The molecule has 1 saturated heterocycles. The van der Waals surface area contributed by atoms with Crippen LogP contribution >= 0.6 is 0 Å². The number of anilines is 1. The van der Waals surface area contributed by atoms with Crippen LogP contribution < -0.4 is 16.0 Å². The van der Waals surface area contributed by atoms with E-state index in [9.17, 15) is 0 Å². The second kappa shape index (κ2) is 11.8. The number of rotatable bonds is 10. The number of hydrogen-bond donors (Lipinski definition) is 3. The lowest BCUT2D eigenvalue weighted by Crippen LogP contribution is -2.52. The van der Waals surface area contributed by atoms with Crippen LogP contribution in [0.3, 0.4) is 0 Å². The van der Waals surface area contributed by atoms with Crippen LogP contribution in [-0.4, -0.2) is 73.9 Å². The van der Waals surface area contributed by atoms with E-state index in [0.717, 1.165) is 77.1 Å². The fourth-order valence-corrected chi connectivity index (χ4v) is 3.02. The Bertz CT molecular complexity index is 543. The van der Waals surface area contributed by atoms with Crippen molar-refractivity contribution >= 4 is 11.8 Å². The molecule has 7 heteroatoms. The first-order chi connectivity index (χ1) is 13.1. The van der Waals surface area contributed by atoms with Gasteiger partial charge in [0.05, 0.1) is 19.8 Å². The van der Waals surface area contributed by atoms with Gasteiger partial charge in [0.2, 0.25) is 0 Å². The quantitative estimate of drug-likeness (QED) is 0.329. The highest BCUT2D eigenvalue weighted by atomic mass is 16.5. The predicted octanol–water partition coefficient (Wildman–Crippen LogP) is 1.94. The Hall–Kier alpha value is -1.86. The third-order valence-corrected chi connectivity index (χ3v) is 4.70. The predicted molar refractivity (Wildman–Crippen MR) is 112 cm³/mol. The Labute approximate surface area is 164 Å². The zero-order valence-corrected chi connectivity index (χ0v) is 17.1. The van der Waals surface area contributed by atoms with Crippen molar-refractivity contribution in [1.29, 1.82) is 0 Å². The lowest BCUT2D eigenvalue weighted by Gasteiger charge is -2.39. The van der Waals surface area contributed by atoms with Gasteiger partial charge in [-0.3, -0.25) is 9.89 Å². The SMILES string of the molecule is CCNC(=NCC(C)(C)N1CCOCC1)NCCCCNc1ccccn1. The van der Waals surface area contributed by atoms with Gasteiger partial charge < -0.3 is 20.7 Å². The Kier molecular flexibility index (Phi) is 9.35. The first kappa shape index (κ1) is 21.4. The van der Waals surface area contributed by atoms with Crippen molar-refractivity contribution in [2.75, 3.05) is 57.8 Å². The van der Waals surface area contributed by atoms with E-state index in [4.69, 9.17) is 9.73 Å². The van der Waals surface area contributed by atoms with E-state index in [2.05, 4.69) is 46.6 Å². The number of nitrogens with zero attached hydrogens (tertiary/aromatic N) is 3. The monoisotopic (exact) mass is 376 g/mol. The minimum Gasteiger partial charge on any atom is -0.379 e. The average Bonchev–Trinajstić information content (AvgIpc) is 2.70. The first-order valence-electron chi connectivity index (χ1n) is 10.1. The van der Waals surface area contributed by atoms with Crippen LogP contribution in [0.2, 0.25) is 0 Å². The second-order valence-electron chi connectivity index (χ2n) is 7.38. The van der Waals surface area contributed by atoms with Gasteiger partial charge in [-0.05, 0) is 45.7 Å². The van der Waals surface area contributed by atoms with Crippen molar-refractivity contribution in [3.63, 3.8) is 0 Å². The number of unbranched alkanes of at least 4 members (excludes halogenated alkanes) is 1. The van der Waals surface area contributed by atoms with E-state index in [1.165, 1.54) is 0 Å². The van der Waals surface area contributed by atoms with Gasteiger partial charge in [0.1, 0.15) is 5.82 Å². The summed E-state index contributed by atoms with van der Waals surface area (Å²) in [6, 6.07) is 5.91. The Morgan fingerprint density at radius 1 is 1.19 bits per heavy atom. The summed E-state index contributed by atoms with van der Waals surface area (Å²) in [7, 11) is 0. The molecule has 0 bridgehead atoms. The Morgan fingerprint density at radius 2 is 1.96 bits per heavy atom. The van der Waals surface area contributed by atoms with Crippen LogP contribution in [0, 0.1) is 0 Å². The Balaban J connectivity index is 1.68. The van der Waals surface area contributed by atoms with Crippen LogP contribution in [0.5, 0.6) is 0 Å². The minimum atomic E-state index is 0.0404. The van der Waals surface area contributed by atoms with Gasteiger partial charge in [-0.2, -0.15) is 0 Å². The molecule has 0 unspecified atom stereocenters. The molecule has 1 aromatic rings. The summed E-state index contributed by atoms with van der Waals surface area (Å²) in [6.07, 6.45) is 3.97. The highest BCUT2D eigenvalue weighted by Crippen LogP contribution is 2.16.